The topological polar surface area (TPSA) is 79.7 Å². The zero-order valence-electron chi connectivity index (χ0n) is 10.6. The molecule has 6 heteroatoms. The van der Waals surface area contributed by atoms with Crippen molar-refractivity contribution in [1.29, 1.82) is 0 Å². The van der Waals surface area contributed by atoms with E-state index < -0.39 is 11.2 Å². The summed E-state index contributed by atoms with van der Waals surface area (Å²) >= 11 is 1.28. The quantitative estimate of drug-likeness (QED) is 0.791. The first kappa shape index (κ1) is 14.8. The maximum absolute atomic E-state index is 11.8. The molecule has 0 saturated carbocycles. The van der Waals surface area contributed by atoms with Gasteiger partial charge in [-0.1, -0.05) is 0 Å². The fourth-order valence-corrected chi connectivity index (χ4v) is 2.34. The standard InChI is InChI=1S/C12H17NO4S/c1-4-17-12(16)11(18-3)8-5-13-7(2)10(15)9(8)6-14/h5,11,14-15H,4,6H2,1-3H3. The minimum absolute atomic E-state index is 0.0710. The lowest BCUT2D eigenvalue weighted by Gasteiger charge is -2.17. The van der Waals surface area contributed by atoms with Gasteiger partial charge in [-0.25, -0.2) is 0 Å². The number of ether oxygens (including phenoxy) is 1. The number of thioether (sulfide) groups is 1. The Morgan fingerprint density at radius 1 is 1.61 bits per heavy atom. The Labute approximate surface area is 110 Å². The van der Waals surface area contributed by atoms with Crippen LogP contribution in [0, 0.1) is 6.92 Å². The summed E-state index contributed by atoms with van der Waals surface area (Å²) in [6, 6.07) is 0. The highest BCUT2D eigenvalue weighted by molar-refractivity contribution is 7.99. The molecule has 0 amide bonds. The molecule has 2 N–H and O–H groups in total. The molecule has 1 atom stereocenters. The van der Waals surface area contributed by atoms with E-state index in [1.54, 1.807) is 20.1 Å². The van der Waals surface area contributed by atoms with Gasteiger partial charge in [-0.3, -0.25) is 9.78 Å². The zero-order chi connectivity index (χ0) is 13.7. The highest BCUT2D eigenvalue weighted by atomic mass is 32.2. The second kappa shape index (κ2) is 6.61. The van der Waals surface area contributed by atoms with Crippen LogP contribution in [0.15, 0.2) is 6.20 Å². The number of pyridine rings is 1. The molecule has 1 aromatic rings. The molecule has 1 rings (SSSR count). The van der Waals surface area contributed by atoms with E-state index in [-0.39, 0.29) is 19.0 Å². The highest BCUT2D eigenvalue weighted by Gasteiger charge is 2.26. The third-order valence-electron chi connectivity index (χ3n) is 2.55. The van der Waals surface area contributed by atoms with Crippen LogP contribution in [0.3, 0.4) is 0 Å². The molecule has 0 radical (unpaired) electrons. The van der Waals surface area contributed by atoms with Gasteiger partial charge >= 0.3 is 5.97 Å². The van der Waals surface area contributed by atoms with E-state index in [0.29, 0.717) is 16.8 Å². The zero-order valence-corrected chi connectivity index (χ0v) is 11.5. The minimum Gasteiger partial charge on any atom is -0.506 e. The van der Waals surface area contributed by atoms with E-state index in [1.807, 2.05) is 0 Å². The number of aryl methyl sites for hydroxylation is 1. The number of aromatic nitrogens is 1. The summed E-state index contributed by atoms with van der Waals surface area (Å²) < 4.78 is 4.97. The van der Waals surface area contributed by atoms with Crippen molar-refractivity contribution >= 4 is 17.7 Å². The third kappa shape index (κ3) is 2.94. The lowest BCUT2D eigenvalue weighted by molar-refractivity contribution is -0.142. The molecule has 1 unspecified atom stereocenters. The maximum Gasteiger partial charge on any atom is 0.323 e. The number of esters is 1. The average Bonchev–Trinajstić information content (AvgIpc) is 2.35. The van der Waals surface area contributed by atoms with Gasteiger partial charge in [0, 0.05) is 17.3 Å². The molecule has 0 bridgehead atoms. The van der Waals surface area contributed by atoms with Crippen molar-refractivity contribution in [2.75, 3.05) is 12.9 Å². The number of aromatic hydroxyl groups is 1. The number of rotatable bonds is 5. The predicted molar refractivity (Wildman–Crippen MR) is 69.5 cm³/mol. The summed E-state index contributed by atoms with van der Waals surface area (Å²) in [7, 11) is 0. The molecule has 1 aromatic heterocycles. The predicted octanol–water partition coefficient (Wildman–Crippen LogP) is 1.56. The molecule has 0 aliphatic carbocycles. The first-order valence-corrected chi connectivity index (χ1v) is 6.83. The van der Waals surface area contributed by atoms with Crippen molar-refractivity contribution < 1.29 is 19.7 Å². The number of hydrogen-bond donors (Lipinski definition) is 2. The van der Waals surface area contributed by atoms with Crippen molar-refractivity contribution in [3.63, 3.8) is 0 Å². The third-order valence-corrected chi connectivity index (χ3v) is 3.47. The average molecular weight is 271 g/mol. The molecule has 1 heterocycles. The van der Waals surface area contributed by atoms with Gasteiger partial charge in [0.25, 0.3) is 0 Å². The molecular weight excluding hydrogens is 254 g/mol. The Hall–Kier alpha value is -1.27. The lowest BCUT2D eigenvalue weighted by atomic mass is 10.1. The molecule has 0 aliphatic heterocycles. The molecule has 0 aromatic carbocycles. The molecule has 0 spiro atoms. The van der Waals surface area contributed by atoms with Crippen molar-refractivity contribution in [2.45, 2.75) is 25.7 Å². The van der Waals surface area contributed by atoms with Gasteiger partial charge in [-0.2, -0.15) is 0 Å². The summed E-state index contributed by atoms with van der Waals surface area (Å²) in [5, 5.41) is 18.6. The van der Waals surface area contributed by atoms with Crippen LogP contribution in [-0.2, 0) is 16.1 Å². The Morgan fingerprint density at radius 2 is 2.28 bits per heavy atom. The van der Waals surface area contributed by atoms with Crippen LogP contribution in [0.5, 0.6) is 5.75 Å². The van der Waals surface area contributed by atoms with E-state index >= 15 is 0 Å². The van der Waals surface area contributed by atoms with Crippen molar-refractivity contribution in [2.24, 2.45) is 0 Å². The molecule has 0 fully saturated rings. The van der Waals surface area contributed by atoms with Crippen molar-refractivity contribution in [1.82, 2.24) is 4.98 Å². The summed E-state index contributed by atoms with van der Waals surface area (Å²) in [4.78, 5) is 15.8. The van der Waals surface area contributed by atoms with E-state index in [1.165, 1.54) is 18.0 Å². The second-order valence-electron chi connectivity index (χ2n) is 3.65. The van der Waals surface area contributed by atoms with E-state index in [4.69, 9.17) is 4.74 Å². The van der Waals surface area contributed by atoms with Gasteiger partial charge in [-0.05, 0) is 20.1 Å². The van der Waals surface area contributed by atoms with Crippen LogP contribution >= 0.6 is 11.8 Å². The molecule has 0 aliphatic rings. The van der Waals surface area contributed by atoms with Crippen LogP contribution < -0.4 is 0 Å². The largest absolute Gasteiger partial charge is 0.506 e. The van der Waals surface area contributed by atoms with Gasteiger partial charge in [0.2, 0.25) is 0 Å². The van der Waals surface area contributed by atoms with Gasteiger partial charge in [0.1, 0.15) is 11.0 Å². The number of carbonyl (C=O) groups excluding carboxylic acids is 1. The molecule has 0 saturated heterocycles. The van der Waals surface area contributed by atoms with Crippen molar-refractivity contribution in [3.05, 3.63) is 23.0 Å². The summed E-state index contributed by atoms with van der Waals surface area (Å²) in [6.07, 6.45) is 3.26. The monoisotopic (exact) mass is 271 g/mol. The SMILES string of the molecule is CCOC(=O)C(SC)c1cnc(C)c(O)c1CO. The molecular formula is C12H17NO4S. The number of aliphatic hydroxyl groups excluding tert-OH is 1. The Morgan fingerprint density at radius 3 is 2.78 bits per heavy atom. The molecule has 100 valence electrons. The van der Waals surface area contributed by atoms with Crippen LogP contribution in [0.25, 0.3) is 0 Å². The normalized spacial score (nSPS) is 12.2. The van der Waals surface area contributed by atoms with Gasteiger partial charge in [0.05, 0.1) is 18.9 Å². The number of carbonyl (C=O) groups is 1. The fraction of sp³-hybridized carbons (Fsp3) is 0.500. The second-order valence-corrected chi connectivity index (χ2v) is 4.59. The number of hydrogen-bond acceptors (Lipinski definition) is 6. The summed E-state index contributed by atoms with van der Waals surface area (Å²) in [5.41, 5.74) is 1.24. The number of nitrogens with zero attached hydrogens (tertiary/aromatic N) is 1. The Balaban J connectivity index is 3.21. The Bertz CT molecular complexity index is 436. The minimum atomic E-state index is -0.592. The van der Waals surface area contributed by atoms with E-state index in [0.717, 1.165) is 0 Å². The van der Waals surface area contributed by atoms with E-state index in [9.17, 15) is 15.0 Å². The summed E-state index contributed by atoms with van der Waals surface area (Å²) in [6.45, 7) is 3.31. The van der Waals surface area contributed by atoms with Gasteiger partial charge in [0.15, 0.2) is 0 Å². The maximum atomic E-state index is 11.8. The highest BCUT2D eigenvalue weighted by Crippen LogP contribution is 2.34. The first-order valence-electron chi connectivity index (χ1n) is 5.54. The number of aliphatic hydroxyl groups is 1. The van der Waals surface area contributed by atoms with Crippen LogP contribution in [-0.4, -0.2) is 34.0 Å². The lowest BCUT2D eigenvalue weighted by Crippen LogP contribution is -2.15. The summed E-state index contributed by atoms with van der Waals surface area (Å²) in [5.74, 6) is -0.469. The van der Waals surface area contributed by atoms with E-state index in [2.05, 4.69) is 4.98 Å². The fourth-order valence-electron chi connectivity index (χ4n) is 1.62. The van der Waals surface area contributed by atoms with Crippen LogP contribution in [0.1, 0.15) is 29.0 Å². The molecule has 5 nitrogen and oxygen atoms in total. The van der Waals surface area contributed by atoms with Crippen LogP contribution in [0.2, 0.25) is 0 Å². The van der Waals surface area contributed by atoms with Crippen LogP contribution in [0.4, 0.5) is 0 Å². The van der Waals surface area contributed by atoms with Gasteiger partial charge < -0.3 is 14.9 Å². The first-order chi connectivity index (χ1) is 8.56. The van der Waals surface area contributed by atoms with Gasteiger partial charge in [-0.15, -0.1) is 11.8 Å². The Kier molecular flexibility index (Phi) is 5.43. The van der Waals surface area contributed by atoms with Crippen molar-refractivity contribution in [3.8, 4) is 5.75 Å². The molecule has 18 heavy (non-hydrogen) atoms. The smallest absolute Gasteiger partial charge is 0.323 e.